The SMILES string of the molecule is O=S(=O)(Cc1cccc(Cl)c1)NC1CCCc2ccccc21. The molecule has 0 aliphatic heterocycles. The molecule has 3 rings (SSSR count). The van der Waals surface area contributed by atoms with Gasteiger partial charge in [-0.15, -0.1) is 0 Å². The largest absolute Gasteiger partial charge is 0.216 e. The summed E-state index contributed by atoms with van der Waals surface area (Å²) < 4.78 is 27.7. The molecule has 2 aromatic rings. The van der Waals surface area contributed by atoms with Crippen LogP contribution < -0.4 is 4.72 Å². The maximum atomic E-state index is 12.4. The number of aryl methyl sites for hydroxylation is 1. The molecule has 1 atom stereocenters. The number of fused-ring (bicyclic) bond motifs is 1. The van der Waals surface area contributed by atoms with Gasteiger partial charge in [0.2, 0.25) is 10.0 Å². The number of halogens is 1. The molecule has 1 unspecified atom stereocenters. The van der Waals surface area contributed by atoms with Gasteiger partial charge >= 0.3 is 0 Å². The Morgan fingerprint density at radius 3 is 2.77 bits per heavy atom. The van der Waals surface area contributed by atoms with Crippen LogP contribution in [0.15, 0.2) is 48.5 Å². The first-order chi connectivity index (χ1) is 10.5. The zero-order valence-corrected chi connectivity index (χ0v) is 13.7. The molecule has 0 fully saturated rings. The first-order valence-corrected chi connectivity index (χ1v) is 9.39. The highest BCUT2D eigenvalue weighted by Crippen LogP contribution is 2.30. The van der Waals surface area contributed by atoms with E-state index in [-0.39, 0.29) is 11.8 Å². The smallest absolute Gasteiger partial charge is 0.212 e. The van der Waals surface area contributed by atoms with E-state index in [1.165, 1.54) is 5.56 Å². The average molecular weight is 336 g/mol. The summed E-state index contributed by atoms with van der Waals surface area (Å²) >= 11 is 5.92. The highest BCUT2D eigenvalue weighted by atomic mass is 35.5. The third-order valence-electron chi connectivity index (χ3n) is 3.94. The van der Waals surface area contributed by atoms with Crippen molar-refractivity contribution in [3.8, 4) is 0 Å². The number of rotatable bonds is 4. The van der Waals surface area contributed by atoms with Crippen LogP contribution in [0, 0.1) is 0 Å². The van der Waals surface area contributed by atoms with Gasteiger partial charge in [0.05, 0.1) is 5.75 Å². The fraction of sp³-hybridized carbons (Fsp3) is 0.294. The standard InChI is InChI=1S/C17H18ClNO2S/c18-15-8-3-5-13(11-15)12-22(20,21)19-17-10-4-7-14-6-1-2-9-16(14)17/h1-3,5-6,8-9,11,17,19H,4,7,10,12H2. The topological polar surface area (TPSA) is 46.2 Å². The summed E-state index contributed by atoms with van der Waals surface area (Å²) in [5.41, 5.74) is 3.04. The van der Waals surface area contributed by atoms with Crippen LogP contribution in [0.4, 0.5) is 0 Å². The molecule has 0 saturated heterocycles. The van der Waals surface area contributed by atoms with Crippen molar-refractivity contribution in [2.45, 2.75) is 31.1 Å². The van der Waals surface area contributed by atoms with E-state index in [1.54, 1.807) is 24.3 Å². The Morgan fingerprint density at radius 2 is 1.95 bits per heavy atom. The fourth-order valence-corrected chi connectivity index (χ4v) is 4.57. The molecule has 0 bridgehead atoms. The van der Waals surface area contributed by atoms with Crippen LogP contribution in [0.2, 0.25) is 5.02 Å². The van der Waals surface area contributed by atoms with Crippen molar-refractivity contribution in [2.75, 3.05) is 0 Å². The normalized spacial score (nSPS) is 18.0. The summed E-state index contributed by atoms with van der Waals surface area (Å²) in [6.07, 6.45) is 2.86. The molecule has 0 spiro atoms. The minimum Gasteiger partial charge on any atom is -0.212 e. The molecule has 116 valence electrons. The van der Waals surface area contributed by atoms with Crippen molar-refractivity contribution in [3.63, 3.8) is 0 Å². The maximum Gasteiger partial charge on any atom is 0.216 e. The molecular formula is C17H18ClNO2S. The lowest BCUT2D eigenvalue weighted by molar-refractivity contribution is 0.507. The molecule has 0 aromatic heterocycles. The minimum atomic E-state index is -3.40. The Bertz CT molecular complexity index is 774. The molecular weight excluding hydrogens is 318 g/mol. The Morgan fingerprint density at radius 1 is 1.14 bits per heavy atom. The lowest BCUT2D eigenvalue weighted by Crippen LogP contribution is -2.31. The molecule has 2 aromatic carbocycles. The average Bonchev–Trinajstić information content (AvgIpc) is 2.47. The van der Waals surface area contributed by atoms with Crippen LogP contribution in [0.25, 0.3) is 0 Å². The third-order valence-corrected chi connectivity index (χ3v) is 5.53. The molecule has 22 heavy (non-hydrogen) atoms. The van der Waals surface area contributed by atoms with Gasteiger partial charge in [-0.05, 0) is 48.1 Å². The highest BCUT2D eigenvalue weighted by Gasteiger charge is 2.24. The summed E-state index contributed by atoms with van der Waals surface area (Å²) in [6, 6.07) is 14.9. The molecule has 0 heterocycles. The first kappa shape index (κ1) is 15.5. The zero-order chi connectivity index (χ0) is 15.6. The van der Waals surface area contributed by atoms with Crippen LogP contribution in [-0.4, -0.2) is 8.42 Å². The van der Waals surface area contributed by atoms with Crippen LogP contribution >= 0.6 is 11.6 Å². The molecule has 3 nitrogen and oxygen atoms in total. The number of sulfonamides is 1. The van der Waals surface area contributed by atoms with Gasteiger partial charge in [0, 0.05) is 11.1 Å². The van der Waals surface area contributed by atoms with Crippen molar-refractivity contribution >= 4 is 21.6 Å². The quantitative estimate of drug-likeness (QED) is 0.922. The summed E-state index contributed by atoms with van der Waals surface area (Å²) in [6.45, 7) is 0. The van der Waals surface area contributed by atoms with Gasteiger partial charge in [-0.3, -0.25) is 0 Å². The van der Waals surface area contributed by atoms with E-state index in [4.69, 9.17) is 11.6 Å². The van der Waals surface area contributed by atoms with Gasteiger partial charge in [-0.2, -0.15) is 0 Å². The van der Waals surface area contributed by atoms with E-state index in [2.05, 4.69) is 10.8 Å². The number of benzene rings is 2. The fourth-order valence-electron chi connectivity index (χ4n) is 2.98. The summed E-state index contributed by atoms with van der Waals surface area (Å²) in [5, 5.41) is 0.552. The lowest BCUT2D eigenvalue weighted by atomic mass is 9.88. The second kappa shape index (κ2) is 6.41. The van der Waals surface area contributed by atoms with Crippen molar-refractivity contribution in [3.05, 3.63) is 70.2 Å². The molecule has 0 saturated carbocycles. The van der Waals surface area contributed by atoms with Gasteiger partial charge in [0.1, 0.15) is 0 Å². The van der Waals surface area contributed by atoms with Crippen molar-refractivity contribution in [1.82, 2.24) is 4.72 Å². The summed E-state index contributed by atoms with van der Waals surface area (Å²) in [4.78, 5) is 0. The van der Waals surface area contributed by atoms with Gasteiger partial charge in [-0.25, -0.2) is 13.1 Å². The van der Waals surface area contributed by atoms with Crippen molar-refractivity contribution < 1.29 is 8.42 Å². The first-order valence-electron chi connectivity index (χ1n) is 7.36. The van der Waals surface area contributed by atoms with Crippen LogP contribution in [0.1, 0.15) is 35.6 Å². The lowest BCUT2D eigenvalue weighted by Gasteiger charge is -2.26. The predicted molar refractivity (Wildman–Crippen MR) is 89.3 cm³/mol. The molecule has 1 aliphatic carbocycles. The Hall–Kier alpha value is -1.36. The molecule has 1 aliphatic rings. The number of hydrogen-bond acceptors (Lipinski definition) is 2. The summed E-state index contributed by atoms with van der Waals surface area (Å²) in [7, 11) is -3.40. The minimum absolute atomic E-state index is 0.0494. The molecule has 0 amide bonds. The van der Waals surface area contributed by atoms with E-state index in [1.807, 2.05) is 18.2 Å². The zero-order valence-electron chi connectivity index (χ0n) is 12.1. The van der Waals surface area contributed by atoms with Crippen molar-refractivity contribution in [1.29, 1.82) is 0 Å². The molecule has 0 radical (unpaired) electrons. The van der Waals surface area contributed by atoms with E-state index < -0.39 is 10.0 Å². The molecule has 1 N–H and O–H groups in total. The highest BCUT2D eigenvalue weighted by molar-refractivity contribution is 7.88. The van der Waals surface area contributed by atoms with Crippen LogP contribution in [0.3, 0.4) is 0 Å². The van der Waals surface area contributed by atoms with Crippen LogP contribution in [0.5, 0.6) is 0 Å². The third kappa shape index (κ3) is 3.69. The molecule has 5 heteroatoms. The van der Waals surface area contributed by atoms with Crippen molar-refractivity contribution in [2.24, 2.45) is 0 Å². The second-order valence-corrected chi connectivity index (χ2v) is 7.84. The van der Waals surface area contributed by atoms with Gasteiger partial charge < -0.3 is 0 Å². The Labute approximate surface area is 136 Å². The number of hydrogen-bond donors (Lipinski definition) is 1. The number of nitrogens with one attached hydrogen (secondary N) is 1. The monoisotopic (exact) mass is 335 g/mol. The van der Waals surface area contributed by atoms with E-state index >= 15 is 0 Å². The van der Waals surface area contributed by atoms with Gasteiger partial charge in [0.25, 0.3) is 0 Å². The Balaban J connectivity index is 1.78. The second-order valence-electron chi connectivity index (χ2n) is 5.65. The van der Waals surface area contributed by atoms with E-state index in [9.17, 15) is 8.42 Å². The van der Waals surface area contributed by atoms with E-state index in [0.29, 0.717) is 10.6 Å². The predicted octanol–water partition coefficient (Wildman–Crippen LogP) is 3.84. The van der Waals surface area contributed by atoms with E-state index in [0.717, 1.165) is 24.8 Å². The maximum absolute atomic E-state index is 12.4. The Kier molecular flexibility index (Phi) is 4.52. The van der Waals surface area contributed by atoms with Gasteiger partial charge in [-0.1, -0.05) is 48.0 Å². The van der Waals surface area contributed by atoms with Gasteiger partial charge in [0.15, 0.2) is 0 Å². The van der Waals surface area contributed by atoms with Crippen LogP contribution in [-0.2, 0) is 22.2 Å². The summed E-state index contributed by atoms with van der Waals surface area (Å²) in [5.74, 6) is -0.0494.